The molecule has 0 bridgehead atoms. The predicted molar refractivity (Wildman–Crippen MR) is 120 cm³/mol. The predicted octanol–water partition coefficient (Wildman–Crippen LogP) is 4.69. The first-order valence-corrected chi connectivity index (χ1v) is 10.4. The summed E-state index contributed by atoms with van der Waals surface area (Å²) in [4.78, 5) is 26.9. The molecule has 2 aromatic carbocycles. The van der Waals surface area contributed by atoms with Crippen LogP contribution < -0.4 is 10.1 Å². The number of methoxy groups -OCH3 is 1. The van der Waals surface area contributed by atoms with Gasteiger partial charge in [0.05, 0.1) is 12.0 Å². The molecule has 1 N–H and O–H groups in total. The van der Waals surface area contributed by atoms with Crippen LogP contribution in [0.3, 0.4) is 0 Å². The fourth-order valence-corrected chi connectivity index (χ4v) is 4.15. The Balaban J connectivity index is 1.63. The van der Waals surface area contributed by atoms with Crippen LogP contribution >= 0.6 is 39.9 Å². The Morgan fingerprint density at radius 2 is 1.96 bits per heavy atom. The molecule has 0 spiro atoms. The van der Waals surface area contributed by atoms with E-state index in [-0.39, 0.29) is 24.8 Å². The molecule has 2 amide bonds. The summed E-state index contributed by atoms with van der Waals surface area (Å²) in [7, 11) is 1.59. The van der Waals surface area contributed by atoms with Crippen LogP contribution in [-0.4, -0.2) is 34.7 Å². The number of halogens is 1. The zero-order chi connectivity index (χ0) is 20.1. The Hall–Kier alpha value is -2.16. The fourth-order valence-electron chi connectivity index (χ4n) is 2.59. The number of thiocarbonyl (C=S) groups is 1. The number of benzene rings is 2. The van der Waals surface area contributed by atoms with Crippen molar-refractivity contribution in [1.82, 2.24) is 4.90 Å². The Labute approximate surface area is 181 Å². The minimum atomic E-state index is -0.197. The maximum absolute atomic E-state index is 12.7. The van der Waals surface area contributed by atoms with Crippen molar-refractivity contribution in [1.29, 1.82) is 0 Å². The molecule has 0 aliphatic carbocycles. The molecular weight excluding hydrogens is 460 g/mol. The van der Waals surface area contributed by atoms with E-state index in [2.05, 4.69) is 21.2 Å². The number of thioether (sulfide) groups is 1. The van der Waals surface area contributed by atoms with E-state index in [1.54, 1.807) is 25.3 Å². The molecule has 0 aromatic heterocycles. The van der Waals surface area contributed by atoms with Crippen molar-refractivity contribution in [3.63, 3.8) is 0 Å². The number of amides is 2. The third-order valence-corrected chi connectivity index (χ3v) is 5.90. The lowest BCUT2D eigenvalue weighted by atomic mass is 10.2. The van der Waals surface area contributed by atoms with Gasteiger partial charge in [0, 0.05) is 28.7 Å². The molecule has 8 heteroatoms. The van der Waals surface area contributed by atoms with E-state index in [0.717, 1.165) is 10.0 Å². The van der Waals surface area contributed by atoms with Gasteiger partial charge in [-0.15, -0.1) is 0 Å². The summed E-state index contributed by atoms with van der Waals surface area (Å²) in [5.41, 5.74) is 1.51. The van der Waals surface area contributed by atoms with Crippen LogP contribution in [0, 0.1) is 0 Å². The van der Waals surface area contributed by atoms with Gasteiger partial charge in [0.25, 0.3) is 5.91 Å². The van der Waals surface area contributed by atoms with Crippen molar-refractivity contribution in [2.24, 2.45) is 0 Å². The van der Waals surface area contributed by atoms with Crippen LogP contribution in [0.1, 0.15) is 12.0 Å². The normalized spacial score (nSPS) is 15.2. The van der Waals surface area contributed by atoms with E-state index in [1.165, 1.54) is 16.7 Å². The van der Waals surface area contributed by atoms with Crippen LogP contribution in [0.4, 0.5) is 5.69 Å². The quantitative estimate of drug-likeness (QED) is 0.484. The molecule has 144 valence electrons. The lowest BCUT2D eigenvalue weighted by Crippen LogP contribution is -2.31. The molecule has 1 fully saturated rings. The van der Waals surface area contributed by atoms with Gasteiger partial charge in [0.2, 0.25) is 5.91 Å². The first kappa shape index (κ1) is 20.6. The molecule has 0 atom stereocenters. The highest BCUT2D eigenvalue weighted by Gasteiger charge is 2.32. The number of nitrogens with zero attached hydrogens (tertiary/aromatic N) is 1. The summed E-state index contributed by atoms with van der Waals surface area (Å²) in [6.07, 6.45) is 1.92. The van der Waals surface area contributed by atoms with Crippen LogP contribution in [0.5, 0.6) is 5.75 Å². The molecule has 1 aliphatic rings. The number of anilines is 1. The Morgan fingerprint density at radius 3 is 2.68 bits per heavy atom. The van der Waals surface area contributed by atoms with Crippen molar-refractivity contribution >= 4 is 67.8 Å². The third-order valence-electron chi connectivity index (χ3n) is 3.99. The van der Waals surface area contributed by atoms with Gasteiger partial charge in [-0.25, -0.2) is 0 Å². The topological polar surface area (TPSA) is 58.6 Å². The van der Waals surface area contributed by atoms with Crippen molar-refractivity contribution in [3.05, 3.63) is 63.5 Å². The number of nitrogens with one attached hydrogen (secondary N) is 1. The van der Waals surface area contributed by atoms with E-state index in [4.69, 9.17) is 17.0 Å². The van der Waals surface area contributed by atoms with E-state index in [1.807, 2.05) is 36.4 Å². The molecule has 0 radical (unpaired) electrons. The van der Waals surface area contributed by atoms with Gasteiger partial charge in [-0.2, -0.15) is 0 Å². The largest absolute Gasteiger partial charge is 0.496 e. The molecule has 1 heterocycles. The molecule has 1 saturated heterocycles. The van der Waals surface area contributed by atoms with E-state index in [9.17, 15) is 9.59 Å². The Kier molecular flexibility index (Phi) is 6.88. The number of ether oxygens (including phenoxy) is 1. The summed E-state index contributed by atoms with van der Waals surface area (Å²) < 4.78 is 6.70. The molecule has 3 rings (SSSR count). The van der Waals surface area contributed by atoms with Crippen molar-refractivity contribution in [2.45, 2.75) is 6.42 Å². The summed E-state index contributed by atoms with van der Waals surface area (Å²) >= 11 is 9.91. The molecular formula is C20H17BrN2O3S2. The highest BCUT2D eigenvalue weighted by Crippen LogP contribution is 2.34. The summed E-state index contributed by atoms with van der Waals surface area (Å²) in [5, 5.41) is 2.81. The Morgan fingerprint density at radius 1 is 1.25 bits per heavy atom. The zero-order valence-corrected chi connectivity index (χ0v) is 18.2. The number of carbonyl (C=O) groups excluding carboxylic acids is 2. The van der Waals surface area contributed by atoms with Crippen molar-refractivity contribution in [3.8, 4) is 5.75 Å². The molecule has 5 nitrogen and oxygen atoms in total. The highest BCUT2D eigenvalue weighted by molar-refractivity contribution is 9.10. The van der Waals surface area contributed by atoms with Gasteiger partial charge in [0.15, 0.2) is 0 Å². The van der Waals surface area contributed by atoms with Crippen LogP contribution in [0.25, 0.3) is 6.08 Å². The molecule has 2 aromatic rings. The lowest BCUT2D eigenvalue weighted by molar-refractivity contribution is -0.122. The molecule has 0 saturated carbocycles. The van der Waals surface area contributed by atoms with Gasteiger partial charge in [0.1, 0.15) is 10.1 Å². The minimum Gasteiger partial charge on any atom is -0.496 e. The molecule has 28 heavy (non-hydrogen) atoms. The smallest absolute Gasteiger partial charge is 0.266 e. The van der Waals surface area contributed by atoms with E-state index >= 15 is 0 Å². The zero-order valence-electron chi connectivity index (χ0n) is 15.0. The first-order chi connectivity index (χ1) is 13.5. The maximum Gasteiger partial charge on any atom is 0.266 e. The van der Waals surface area contributed by atoms with Crippen molar-refractivity contribution < 1.29 is 14.3 Å². The first-order valence-electron chi connectivity index (χ1n) is 8.42. The monoisotopic (exact) mass is 476 g/mol. The van der Waals surface area contributed by atoms with Crippen LogP contribution in [0.15, 0.2) is 57.9 Å². The lowest BCUT2D eigenvalue weighted by Gasteiger charge is -2.14. The average Bonchev–Trinajstić information content (AvgIpc) is 2.95. The number of rotatable bonds is 6. The number of hydrogen-bond donors (Lipinski definition) is 1. The highest BCUT2D eigenvalue weighted by atomic mass is 79.9. The van der Waals surface area contributed by atoms with E-state index in [0.29, 0.717) is 20.7 Å². The number of hydrogen-bond acceptors (Lipinski definition) is 5. The van der Waals surface area contributed by atoms with Crippen molar-refractivity contribution in [2.75, 3.05) is 19.0 Å². The standard InChI is InChI=1S/C20H17BrN2O3S2/c1-26-16-5-3-2-4-13(16)12-17-19(25)23(20(27)28-17)11-10-18(24)22-15-8-6-14(21)7-9-15/h2-9,12H,10-11H2,1H3,(H,22,24). The van der Waals surface area contributed by atoms with Gasteiger partial charge in [-0.3, -0.25) is 14.5 Å². The van der Waals surface area contributed by atoms with Gasteiger partial charge >= 0.3 is 0 Å². The number of para-hydroxylation sites is 1. The third kappa shape index (κ3) is 5.01. The Bertz CT molecular complexity index is 945. The maximum atomic E-state index is 12.7. The van der Waals surface area contributed by atoms with Gasteiger partial charge in [-0.1, -0.05) is 58.1 Å². The summed E-state index contributed by atoms with van der Waals surface area (Å²) in [6.45, 7) is 0.232. The average molecular weight is 477 g/mol. The second kappa shape index (κ2) is 9.36. The molecule has 0 unspecified atom stereocenters. The second-order valence-electron chi connectivity index (χ2n) is 5.88. The summed E-state index contributed by atoms with van der Waals surface area (Å²) in [5.74, 6) is 0.309. The van der Waals surface area contributed by atoms with Gasteiger partial charge in [-0.05, 0) is 36.4 Å². The SMILES string of the molecule is COc1ccccc1C=C1SC(=S)N(CCC(=O)Nc2ccc(Br)cc2)C1=O. The summed E-state index contributed by atoms with van der Waals surface area (Å²) in [6, 6.07) is 14.7. The fraction of sp³-hybridized carbons (Fsp3) is 0.150. The second-order valence-corrected chi connectivity index (χ2v) is 8.47. The number of carbonyl (C=O) groups is 2. The van der Waals surface area contributed by atoms with Crippen LogP contribution in [0.2, 0.25) is 0 Å². The molecule has 1 aliphatic heterocycles. The van der Waals surface area contributed by atoms with Gasteiger partial charge < -0.3 is 10.1 Å². The minimum absolute atomic E-state index is 0.157. The van der Waals surface area contributed by atoms with E-state index < -0.39 is 0 Å². The van der Waals surface area contributed by atoms with Crippen LogP contribution in [-0.2, 0) is 9.59 Å².